The zero-order chi connectivity index (χ0) is 22.9. The van der Waals surface area contributed by atoms with Gasteiger partial charge in [-0.05, 0) is 36.8 Å². The van der Waals surface area contributed by atoms with Crippen LogP contribution >= 0.6 is 11.3 Å². The predicted octanol–water partition coefficient (Wildman–Crippen LogP) is 6.86. The van der Waals surface area contributed by atoms with Crippen molar-refractivity contribution in [2.75, 3.05) is 5.32 Å². The van der Waals surface area contributed by atoms with Crippen LogP contribution in [0.15, 0.2) is 78.2 Å². The van der Waals surface area contributed by atoms with E-state index in [1.807, 2.05) is 55.5 Å². The second-order valence-corrected chi connectivity index (χ2v) is 8.36. The third-order valence-corrected chi connectivity index (χ3v) is 6.07. The van der Waals surface area contributed by atoms with Crippen molar-refractivity contribution in [1.82, 2.24) is 9.97 Å². The van der Waals surface area contributed by atoms with Gasteiger partial charge in [0, 0.05) is 28.0 Å². The molecular formula is C26H17F2N3OS. The number of carbonyl (C=O) groups is 1. The van der Waals surface area contributed by atoms with Gasteiger partial charge in [0.1, 0.15) is 11.6 Å². The number of hydrogen-bond donors (Lipinski definition) is 1. The summed E-state index contributed by atoms with van der Waals surface area (Å²) in [7, 11) is 0. The molecule has 0 aliphatic carbocycles. The molecule has 0 spiro atoms. The first-order valence-corrected chi connectivity index (χ1v) is 11.1. The molecule has 0 fully saturated rings. The van der Waals surface area contributed by atoms with Crippen LogP contribution in [0.5, 0.6) is 0 Å². The van der Waals surface area contributed by atoms with Crippen LogP contribution in [0.25, 0.3) is 33.4 Å². The fourth-order valence-corrected chi connectivity index (χ4v) is 4.38. The molecule has 0 aliphatic rings. The van der Waals surface area contributed by atoms with Crippen molar-refractivity contribution in [3.8, 4) is 22.5 Å². The van der Waals surface area contributed by atoms with E-state index in [1.54, 1.807) is 11.4 Å². The van der Waals surface area contributed by atoms with Crippen LogP contribution in [0.1, 0.15) is 15.9 Å². The van der Waals surface area contributed by atoms with Gasteiger partial charge >= 0.3 is 0 Å². The molecule has 0 unspecified atom stereocenters. The fourth-order valence-electron chi connectivity index (χ4n) is 3.68. The highest BCUT2D eigenvalue weighted by molar-refractivity contribution is 7.14. The lowest BCUT2D eigenvalue weighted by molar-refractivity contribution is 0.102. The lowest BCUT2D eigenvalue weighted by Crippen LogP contribution is -2.13. The Bertz CT molecular complexity index is 1510. The van der Waals surface area contributed by atoms with Crippen molar-refractivity contribution in [3.05, 3.63) is 101 Å². The first kappa shape index (κ1) is 20.9. The molecule has 4 nitrogen and oxygen atoms in total. The van der Waals surface area contributed by atoms with Gasteiger partial charge in [0.15, 0.2) is 5.13 Å². The minimum absolute atomic E-state index is 0.171. The molecular weight excluding hydrogens is 440 g/mol. The number of thiazole rings is 1. The average Bonchev–Trinajstić information content (AvgIpc) is 3.26. The van der Waals surface area contributed by atoms with E-state index in [0.717, 1.165) is 17.2 Å². The van der Waals surface area contributed by atoms with Gasteiger partial charge in [-0.3, -0.25) is 10.1 Å². The van der Waals surface area contributed by atoms with E-state index in [-0.39, 0.29) is 11.5 Å². The van der Waals surface area contributed by atoms with Crippen LogP contribution in [0.3, 0.4) is 0 Å². The molecule has 3 aromatic carbocycles. The van der Waals surface area contributed by atoms with Crippen LogP contribution in [0.2, 0.25) is 0 Å². The zero-order valence-electron chi connectivity index (χ0n) is 17.5. The molecule has 0 saturated heterocycles. The van der Waals surface area contributed by atoms with Gasteiger partial charge in [0.05, 0.1) is 22.5 Å². The van der Waals surface area contributed by atoms with Gasteiger partial charge < -0.3 is 0 Å². The van der Waals surface area contributed by atoms with Gasteiger partial charge in [0.25, 0.3) is 5.91 Å². The molecule has 162 valence electrons. The van der Waals surface area contributed by atoms with Crippen LogP contribution in [0.4, 0.5) is 13.9 Å². The van der Waals surface area contributed by atoms with E-state index in [1.165, 1.54) is 23.5 Å². The Labute approximate surface area is 192 Å². The van der Waals surface area contributed by atoms with Crippen LogP contribution < -0.4 is 5.32 Å². The van der Waals surface area contributed by atoms with Crippen LogP contribution in [0, 0.1) is 18.6 Å². The third-order valence-electron chi connectivity index (χ3n) is 5.31. The Morgan fingerprint density at radius 1 is 0.879 bits per heavy atom. The van der Waals surface area contributed by atoms with Gasteiger partial charge in [-0.2, -0.15) is 0 Å². The Morgan fingerprint density at radius 3 is 2.48 bits per heavy atom. The highest BCUT2D eigenvalue weighted by atomic mass is 32.1. The average molecular weight is 458 g/mol. The van der Waals surface area contributed by atoms with E-state index < -0.39 is 11.6 Å². The maximum absolute atomic E-state index is 14.1. The number of anilines is 1. The fraction of sp³-hybridized carbons (Fsp3) is 0.0385. The van der Waals surface area contributed by atoms with Crippen molar-refractivity contribution >= 4 is 33.3 Å². The summed E-state index contributed by atoms with van der Waals surface area (Å²) in [5, 5.41) is 5.46. The molecule has 33 heavy (non-hydrogen) atoms. The number of aryl methyl sites for hydroxylation is 1. The molecule has 7 heteroatoms. The number of aromatic nitrogens is 2. The highest BCUT2D eigenvalue weighted by Crippen LogP contribution is 2.30. The molecule has 0 atom stereocenters. The lowest BCUT2D eigenvalue weighted by Gasteiger charge is -2.11. The minimum atomic E-state index is -0.707. The molecule has 0 aliphatic heterocycles. The Morgan fingerprint density at radius 2 is 1.67 bits per heavy atom. The Kier molecular flexibility index (Phi) is 5.40. The van der Waals surface area contributed by atoms with E-state index in [4.69, 9.17) is 4.98 Å². The SMILES string of the molecule is Cc1ccccc1-c1cc(C(=O)Nc2nc(-c3ccc(F)cc3F)cs2)c2ccccc2n1. The summed E-state index contributed by atoms with van der Waals surface area (Å²) < 4.78 is 27.3. The second-order valence-electron chi connectivity index (χ2n) is 7.50. The normalized spacial score (nSPS) is 11.0. The van der Waals surface area contributed by atoms with Crippen LogP contribution in [-0.2, 0) is 0 Å². The predicted molar refractivity (Wildman–Crippen MR) is 127 cm³/mol. The summed E-state index contributed by atoms with van der Waals surface area (Å²) in [5.41, 5.74) is 4.36. The quantitative estimate of drug-likeness (QED) is 0.321. The van der Waals surface area contributed by atoms with Crippen LogP contribution in [-0.4, -0.2) is 15.9 Å². The summed E-state index contributed by atoms with van der Waals surface area (Å²) in [4.78, 5) is 22.3. The number of amides is 1. The van der Waals surface area contributed by atoms with Crippen molar-refractivity contribution < 1.29 is 13.6 Å². The third kappa shape index (κ3) is 4.10. The number of fused-ring (bicyclic) bond motifs is 1. The molecule has 5 aromatic rings. The van der Waals surface area contributed by atoms with Gasteiger partial charge in [-0.15, -0.1) is 11.3 Å². The highest BCUT2D eigenvalue weighted by Gasteiger charge is 2.17. The number of para-hydroxylation sites is 1. The van der Waals surface area contributed by atoms with Crippen molar-refractivity contribution in [1.29, 1.82) is 0 Å². The van der Waals surface area contributed by atoms with Crippen molar-refractivity contribution in [3.63, 3.8) is 0 Å². The molecule has 1 N–H and O–H groups in total. The lowest BCUT2D eigenvalue weighted by atomic mass is 10.0. The minimum Gasteiger partial charge on any atom is -0.298 e. The Balaban J connectivity index is 1.51. The number of hydrogen-bond acceptors (Lipinski definition) is 4. The number of carbonyl (C=O) groups excluding carboxylic acids is 1. The van der Waals surface area contributed by atoms with Crippen molar-refractivity contribution in [2.24, 2.45) is 0 Å². The molecule has 5 rings (SSSR count). The molecule has 1 amide bonds. The maximum atomic E-state index is 14.1. The van der Waals surface area contributed by atoms with Gasteiger partial charge in [-0.25, -0.2) is 18.7 Å². The number of halogens is 2. The van der Waals surface area contributed by atoms with E-state index in [0.29, 0.717) is 33.0 Å². The number of nitrogens with one attached hydrogen (secondary N) is 1. The van der Waals surface area contributed by atoms with E-state index >= 15 is 0 Å². The second kappa shape index (κ2) is 8.52. The molecule has 2 heterocycles. The number of nitrogens with zero attached hydrogens (tertiary/aromatic N) is 2. The summed E-state index contributed by atoms with van der Waals surface area (Å²) in [6.07, 6.45) is 0. The first-order valence-electron chi connectivity index (χ1n) is 10.2. The summed E-state index contributed by atoms with van der Waals surface area (Å²) in [6.45, 7) is 2.00. The number of rotatable bonds is 4. The zero-order valence-corrected chi connectivity index (χ0v) is 18.3. The van der Waals surface area contributed by atoms with E-state index in [2.05, 4.69) is 10.3 Å². The topological polar surface area (TPSA) is 54.9 Å². The van der Waals surface area contributed by atoms with Gasteiger partial charge in [0.2, 0.25) is 0 Å². The molecule has 0 saturated carbocycles. The standard InChI is InChI=1S/C26H17F2N3OS/c1-15-6-2-3-7-17(15)23-13-20(18-8-4-5-9-22(18)29-23)25(32)31-26-30-24(14-33-26)19-11-10-16(27)12-21(19)28/h2-14H,1H3,(H,30,31,32). The summed E-state index contributed by atoms with van der Waals surface area (Å²) >= 11 is 1.17. The first-order chi connectivity index (χ1) is 16.0. The monoisotopic (exact) mass is 457 g/mol. The summed E-state index contributed by atoms with van der Waals surface area (Å²) in [5.74, 6) is -1.71. The summed E-state index contributed by atoms with van der Waals surface area (Å²) in [6, 6.07) is 20.4. The van der Waals surface area contributed by atoms with Gasteiger partial charge in [-0.1, -0.05) is 42.5 Å². The molecule has 0 radical (unpaired) electrons. The molecule has 0 bridgehead atoms. The number of pyridine rings is 1. The number of benzene rings is 3. The Hall–Kier alpha value is -3.97. The van der Waals surface area contributed by atoms with Crippen molar-refractivity contribution in [2.45, 2.75) is 6.92 Å². The molecule has 2 aromatic heterocycles. The van der Waals surface area contributed by atoms with E-state index in [9.17, 15) is 13.6 Å². The largest absolute Gasteiger partial charge is 0.298 e. The smallest absolute Gasteiger partial charge is 0.258 e. The maximum Gasteiger partial charge on any atom is 0.258 e.